The van der Waals surface area contributed by atoms with Crippen molar-refractivity contribution in [3.05, 3.63) is 23.5 Å². The topological polar surface area (TPSA) is 132 Å². The number of nitrogen functional groups attached to an aromatic ring is 1. The highest BCUT2D eigenvalue weighted by atomic mass is 32.2. The maximum absolute atomic E-state index is 13.8. The molecule has 0 saturated carbocycles. The van der Waals surface area contributed by atoms with Crippen LogP contribution in [-0.4, -0.2) is 29.1 Å². The average molecular weight is 325 g/mol. The first-order chi connectivity index (χ1) is 9.03. The van der Waals surface area contributed by atoms with Crippen molar-refractivity contribution in [2.24, 2.45) is 5.14 Å². The molecule has 7 nitrogen and oxygen atoms in total. The lowest BCUT2D eigenvalue weighted by Gasteiger charge is -2.10. The Balaban J connectivity index is 2.85. The summed E-state index contributed by atoms with van der Waals surface area (Å²) in [5, 5.41) is 4.78. The van der Waals surface area contributed by atoms with Gasteiger partial charge in [0, 0.05) is 12.2 Å². The van der Waals surface area contributed by atoms with Crippen molar-refractivity contribution in [2.45, 2.75) is 18.2 Å². The van der Waals surface area contributed by atoms with Crippen LogP contribution in [0.5, 0.6) is 0 Å². The normalized spacial score (nSPS) is 12.6. The number of benzene rings is 1. The van der Waals surface area contributed by atoms with Gasteiger partial charge in [0.1, 0.15) is 10.7 Å². The van der Waals surface area contributed by atoms with Gasteiger partial charge in [-0.15, -0.1) is 0 Å². The van der Waals surface area contributed by atoms with E-state index in [2.05, 4.69) is 4.72 Å². The van der Waals surface area contributed by atoms with Crippen molar-refractivity contribution >= 4 is 25.7 Å². The van der Waals surface area contributed by atoms with Gasteiger partial charge in [-0.3, -0.25) is 0 Å². The molecule has 0 aliphatic rings. The fourth-order valence-electron chi connectivity index (χ4n) is 1.52. The highest BCUT2D eigenvalue weighted by Gasteiger charge is 2.20. The number of nitrogens with two attached hydrogens (primary N) is 2. The molecule has 1 aromatic rings. The van der Waals surface area contributed by atoms with Crippen LogP contribution in [0.3, 0.4) is 0 Å². The Labute approximate surface area is 117 Å². The standard InChI is InChI=1S/C10H16FN3O4S2/c1-7-5-8(12)6-9(10(7)11)20(17,18)14-3-2-4-19(13,15)16/h5-6,14H,2-4,12H2,1H3,(H2,13,15,16). The number of anilines is 1. The van der Waals surface area contributed by atoms with Crippen LogP contribution >= 0.6 is 0 Å². The van der Waals surface area contributed by atoms with E-state index in [9.17, 15) is 21.2 Å². The van der Waals surface area contributed by atoms with Crippen molar-refractivity contribution in [1.29, 1.82) is 0 Å². The second-order valence-electron chi connectivity index (χ2n) is 4.27. The Morgan fingerprint density at radius 1 is 1.25 bits per heavy atom. The van der Waals surface area contributed by atoms with E-state index in [-0.39, 0.29) is 30.0 Å². The third-order valence-electron chi connectivity index (χ3n) is 2.43. The molecule has 0 atom stereocenters. The van der Waals surface area contributed by atoms with Gasteiger partial charge in [0.05, 0.1) is 5.75 Å². The molecular formula is C10H16FN3O4S2. The molecule has 0 bridgehead atoms. The Morgan fingerprint density at radius 2 is 1.85 bits per heavy atom. The third-order valence-corrected chi connectivity index (χ3v) is 4.75. The second kappa shape index (κ2) is 6.04. The number of hydrogen-bond acceptors (Lipinski definition) is 5. The molecule has 114 valence electrons. The van der Waals surface area contributed by atoms with Crippen LogP contribution in [0.4, 0.5) is 10.1 Å². The number of aryl methyl sites for hydroxylation is 1. The molecule has 0 aromatic heterocycles. The van der Waals surface area contributed by atoms with Crippen LogP contribution in [0.15, 0.2) is 17.0 Å². The summed E-state index contributed by atoms with van der Waals surface area (Å²) in [6.45, 7) is 1.22. The summed E-state index contributed by atoms with van der Waals surface area (Å²) in [4.78, 5) is -0.564. The van der Waals surface area contributed by atoms with Crippen LogP contribution in [0.25, 0.3) is 0 Å². The zero-order valence-electron chi connectivity index (χ0n) is 10.8. The fourth-order valence-corrected chi connectivity index (χ4v) is 3.32. The molecule has 0 amide bonds. The molecule has 0 spiro atoms. The first kappa shape index (κ1) is 16.8. The predicted octanol–water partition coefficient (Wildman–Crippen LogP) is -0.327. The molecule has 0 unspecified atom stereocenters. The lowest BCUT2D eigenvalue weighted by atomic mass is 10.2. The maximum Gasteiger partial charge on any atom is 0.243 e. The third kappa shape index (κ3) is 4.71. The Bertz CT molecular complexity index is 701. The molecule has 0 radical (unpaired) electrons. The van der Waals surface area contributed by atoms with Crippen LogP contribution in [-0.2, 0) is 20.0 Å². The van der Waals surface area contributed by atoms with Gasteiger partial charge in [-0.1, -0.05) is 0 Å². The summed E-state index contributed by atoms with van der Waals surface area (Å²) in [5.41, 5.74) is 5.71. The fraction of sp³-hybridized carbons (Fsp3) is 0.400. The van der Waals surface area contributed by atoms with E-state index in [1.54, 1.807) is 0 Å². The highest BCUT2D eigenvalue weighted by molar-refractivity contribution is 7.89. The number of primary sulfonamides is 1. The Hall–Kier alpha value is -1.23. The lowest BCUT2D eigenvalue weighted by molar-refractivity contribution is 0.552. The molecule has 0 aliphatic carbocycles. The largest absolute Gasteiger partial charge is 0.399 e. The van der Waals surface area contributed by atoms with Gasteiger partial charge in [0.2, 0.25) is 20.0 Å². The minimum Gasteiger partial charge on any atom is -0.399 e. The van der Waals surface area contributed by atoms with Crippen LogP contribution in [0.1, 0.15) is 12.0 Å². The van der Waals surface area contributed by atoms with Gasteiger partial charge >= 0.3 is 0 Å². The van der Waals surface area contributed by atoms with Crippen LogP contribution < -0.4 is 15.6 Å². The molecule has 1 rings (SSSR count). The first-order valence-corrected chi connectivity index (χ1v) is 8.78. The summed E-state index contributed by atoms with van der Waals surface area (Å²) in [5.74, 6) is -1.26. The first-order valence-electron chi connectivity index (χ1n) is 5.59. The summed E-state index contributed by atoms with van der Waals surface area (Å²) in [6, 6.07) is 2.32. The summed E-state index contributed by atoms with van der Waals surface area (Å²) >= 11 is 0. The second-order valence-corrected chi connectivity index (χ2v) is 7.74. The molecule has 0 fully saturated rings. The van der Waals surface area contributed by atoms with Gasteiger partial charge < -0.3 is 5.73 Å². The molecule has 0 heterocycles. The van der Waals surface area contributed by atoms with Gasteiger partial charge in [0.15, 0.2) is 0 Å². The van der Waals surface area contributed by atoms with Crippen LogP contribution in [0, 0.1) is 12.7 Å². The Morgan fingerprint density at radius 3 is 2.40 bits per heavy atom. The molecule has 0 aliphatic heterocycles. The Kier molecular flexibility index (Phi) is 5.08. The molecule has 10 heteroatoms. The van der Waals surface area contributed by atoms with Crippen molar-refractivity contribution in [2.75, 3.05) is 18.0 Å². The maximum atomic E-state index is 13.8. The smallest absolute Gasteiger partial charge is 0.243 e. The van der Waals surface area contributed by atoms with Crippen molar-refractivity contribution < 1.29 is 21.2 Å². The van der Waals surface area contributed by atoms with Crippen molar-refractivity contribution in [3.63, 3.8) is 0 Å². The van der Waals surface area contributed by atoms with E-state index < -0.39 is 30.8 Å². The SMILES string of the molecule is Cc1cc(N)cc(S(=O)(=O)NCCCS(N)(=O)=O)c1F. The minimum absolute atomic E-state index is 0.0129. The van der Waals surface area contributed by atoms with Gasteiger partial charge in [-0.2, -0.15) is 0 Å². The molecule has 0 saturated heterocycles. The zero-order valence-corrected chi connectivity index (χ0v) is 12.4. The number of rotatable bonds is 6. The minimum atomic E-state index is -4.09. The number of sulfonamides is 2. The van der Waals surface area contributed by atoms with E-state index in [4.69, 9.17) is 10.9 Å². The van der Waals surface area contributed by atoms with Gasteiger partial charge in [0.25, 0.3) is 0 Å². The summed E-state index contributed by atoms with van der Waals surface area (Å²) in [6.07, 6.45) is -0.0129. The molecule has 5 N–H and O–H groups in total. The quantitative estimate of drug-likeness (QED) is 0.487. The van der Waals surface area contributed by atoms with E-state index in [1.807, 2.05) is 0 Å². The summed E-state index contributed by atoms with van der Waals surface area (Å²) in [7, 11) is -7.75. The van der Waals surface area contributed by atoms with E-state index in [0.717, 1.165) is 6.07 Å². The van der Waals surface area contributed by atoms with Gasteiger partial charge in [-0.05, 0) is 31.0 Å². The average Bonchev–Trinajstić information content (AvgIpc) is 2.28. The number of nitrogens with one attached hydrogen (secondary N) is 1. The number of halogens is 1. The lowest BCUT2D eigenvalue weighted by Crippen LogP contribution is -2.28. The number of hydrogen-bond donors (Lipinski definition) is 3. The summed E-state index contributed by atoms with van der Waals surface area (Å²) < 4.78 is 61.1. The molecular weight excluding hydrogens is 309 g/mol. The van der Waals surface area contributed by atoms with E-state index >= 15 is 0 Å². The predicted molar refractivity (Wildman–Crippen MR) is 73.3 cm³/mol. The van der Waals surface area contributed by atoms with Crippen molar-refractivity contribution in [1.82, 2.24) is 4.72 Å². The van der Waals surface area contributed by atoms with Gasteiger partial charge in [-0.25, -0.2) is 31.1 Å². The monoisotopic (exact) mass is 325 g/mol. The molecule has 1 aromatic carbocycles. The highest BCUT2D eigenvalue weighted by Crippen LogP contribution is 2.21. The zero-order chi connectivity index (χ0) is 15.6. The van der Waals surface area contributed by atoms with E-state index in [1.165, 1.54) is 13.0 Å². The van der Waals surface area contributed by atoms with Crippen molar-refractivity contribution in [3.8, 4) is 0 Å². The van der Waals surface area contributed by atoms with E-state index in [0.29, 0.717) is 0 Å². The molecule has 20 heavy (non-hydrogen) atoms. The van der Waals surface area contributed by atoms with Crippen LogP contribution in [0.2, 0.25) is 0 Å².